The molecule has 0 bridgehead atoms. The van der Waals surface area contributed by atoms with Crippen molar-refractivity contribution in [1.82, 2.24) is 29.4 Å². The molecule has 12 rings (SSSR count). The highest BCUT2D eigenvalue weighted by molar-refractivity contribution is 4.96. The Labute approximate surface area is 556 Å². The maximum absolute atomic E-state index is 2.73. The van der Waals surface area contributed by atoms with E-state index in [1.165, 1.54) is 255 Å². The molecule has 12 saturated heterocycles. The number of quaternary nitrogens is 6. The topological polar surface area (TPSA) is 19.4 Å². The molecule has 0 radical (unpaired) electrons. The molecule has 0 amide bonds. The zero-order valence-corrected chi connectivity index (χ0v) is 65.6. The van der Waals surface area contributed by atoms with Crippen molar-refractivity contribution in [1.29, 1.82) is 0 Å². The van der Waals surface area contributed by atoms with Crippen LogP contribution in [0.2, 0.25) is 0 Å². The Bertz CT molecular complexity index is 2200. The van der Waals surface area contributed by atoms with Crippen molar-refractivity contribution in [3.63, 3.8) is 0 Å². The molecule has 522 valence electrons. The van der Waals surface area contributed by atoms with Crippen LogP contribution in [0.4, 0.5) is 0 Å². The SMILES string of the molecule is CC(C)(C)N1CC(C)(C)[N+]2(CCCC2)C1.CC(C)(C)N1C[N+]2(CCCC2)CC1(C)C.CC(C)N1C[N+]2(CCCC2)C(C)C1C.CC(C)N1C[N+]2(CCCC2)CC1(C)C.CC1C(C)[N+]2(CCCC2)CN1C(C)(C)C.CCC(C)(C)N1CC(C)(C)[N+]2(CCCC2)C1. The molecule has 12 aliphatic rings. The van der Waals surface area contributed by atoms with Crippen LogP contribution in [0.5, 0.6) is 0 Å². The van der Waals surface area contributed by atoms with Crippen LogP contribution in [0.15, 0.2) is 0 Å². The lowest BCUT2D eigenvalue weighted by Crippen LogP contribution is -2.56. The minimum atomic E-state index is 0.313. The smallest absolute Gasteiger partial charge is 0.136 e. The van der Waals surface area contributed by atoms with Crippen LogP contribution >= 0.6 is 0 Å². The zero-order valence-electron chi connectivity index (χ0n) is 65.6. The first kappa shape index (κ1) is 75.9. The van der Waals surface area contributed by atoms with E-state index in [1.807, 2.05) is 0 Å². The van der Waals surface area contributed by atoms with Crippen molar-refractivity contribution in [2.24, 2.45) is 0 Å². The average molecular weight is 1250 g/mol. The van der Waals surface area contributed by atoms with Crippen molar-refractivity contribution < 1.29 is 26.9 Å². The highest BCUT2D eigenvalue weighted by Gasteiger charge is 2.59. The van der Waals surface area contributed by atoms with Gasteiger partial charge in [0, 0.05) is 111 Å². The van der Waals surface area contributed by atoms with Gasteiger partial charge in [0.2, 0.25) is 0 Å². The summed E-state index contributed by atoms with van der Waals surface area (Å²) >= 11 is 0. The van der Waals surface area contributed by atoms with E-state index in [1.54, 1.807) is 0 Å². The summed E-state index contributed by atoms with van der Waals surface area (Å²) in [7, 11) is 0. The molecule has 12 nitrogen and oxygen atoms in total. The monoisotopic (exact) mass is 1250 g/mol. The Morgan fingerprint density at radius 2 is 0.764 bits per heavy atom. The van der Waals surface area contributed by atoms with Gasteiger partial charge in [-0.25, -0.2) is 29.4 Å². The molecule has 6 spiro atoms. The predicted octanol–water partition coefficient (Wildman–Crippen LogP) is 14.3. The molecule has 0 aromatic heterocycles. The van der Waals surface area contributed by atoms with Gasteiger partial charge in [-0.05, 0) is 193 Å². The van der Waals surface area contributed by atoms with Crippen molar-refractivity contribution in [3.8, 4) is 0 Å². The predicted molar refractivity (Wildman–Crippen MR) is 383 cm³/mol. The highest BCUT2D eigenvalue weighted by atomic mass is 15.6. The summed E-state index contributed by atoms with van der Waals surface area (Å²) in [4.78, 5) is 16.2. The summed E-state index contributed by atoms with van der Waals surface area (Å²) in [5.74, 6) is 0. The third-order valence-electron chi connectivity index (χ3n) is 27.9. The molecule has 12 heteroatoms. The fourth-order valence-corrected chi connectivity index (χ4v) is 21.4. The van der Waals surface area contributed by atoms with E-state index >= 15 is 0 Å². The Morgan fingerprint density at radius 3 is 1.10 bits per heavy atom. The minimum Gasteiger partial charge on any atom is -0.310 e. The van der Waals surface area contributed by atoms with E-state index in [2.05, 4.69) is 223 Å². The van der Waals surface area contributed by atoms with Crippen LogP contribution < -0.4 is 0 Å². The number of rotatable bonds is 4. The molecule has 12 aliphatic heterocycles. The molecule has 4 unspecified atom stereocenters. The van der Waals surface area contributed by atoms with Crippen LogP contribution in [0, 0.1) is 0 Å². The fourth-order valence-electron chi connectivity index (χ4n) is 21.4. The van der Waals surface area contributed by atoms with Crippen LogP contribution in [-0.2, 0) is 0 Å². The van der Waals surface area contributed by atoms with E-state index in [4.69, 9.17) is 0 Å². The molecule has 0 aromatic carbocycles. The number of hydrogen-bond donors (Lipinski definition) is 0. The number of hydrogen-bond acceptors (Lipinski definition) is 6. The molecular weight excluding hydrogens is 1090 g/mol. The van der Waals surface area contributed by atoms with Gasteiger partial charge >= 0.3 is 0 Å². The quantitative estimate of drug-likeness (QED) is 0.260. The van der Waals surface area contributed by atoms with Gasteiger partial charge in [0.15, 0.2) is 0 Å². The van der Waals surface area contributed by atoms with Gasteiger partial charge in [0.1, 0.15) is 63.2 Å². The fraction of sp³-hybridized carbons (Fsp3) is 1.00. The van der Waals surface area contributed by atoms with Crippen LogP contribution in [0.1, 0.15) is 277 Å². The van der Waals surface area contributed by atoms with Gasteiger partial charge in [-0.3, -0.25) is 0 Å². The summed E-state index contributed by atoms with van der Waals surface area (Å²) in [6.45, 7) is 96.9. The van der Waals surface area contributed by atoms with Crippen LogP contribution in [-0.4, -0.2) is 282 Å². The zero-order chi connectivity index (χ0) is 66.7. The van der Waals surface area contributed by atoms with E-state index in [9.17, 15) is 0 Å². The third kappa shape index (κ3) is 16.2. The van der Waals surface area contributed by atoms with Crippen molar-refractivity contribution in [3.05, 3.63) is 0 Å². The van der Waals surface area contributed by atoms with Crippen LogP contribution in [0.25, 0.3) is 0 Å². The van der Waals surface area contributed by atoms with Gasteiger partial charge in [-0.1, -0.05) is 6.92 Å². The Morgan fingerprint density at radius 1 is 0.393 bits per heavy atom. The van der Waals surface area contributed by atoms with Gasteiger partial charge in [0.05, 0.1) is 128 Å². The highest BCUT2D eigenvalue weighted by Crippen LogP contribution is 2.44. The van der Waals surface area contributed by atoms with Crippen molar-refractivity contribution in [2.45, 2.75) is 358 Å². The lowest BCUT2D eigenvalue weighted by Gasteiger charge is -2.41. The molecule has 89 heavy (non-hydrogen) atoms. The first-order chi connectivity index (χ1) is 40.7. The molecule has 0 saturated carbocycles. The van der Waals surface area contributed by atoms with E-state index in [0.717, 1.165) is 24.2 Å². The maximum Gasteiger partial charge on any atom is 0.136 e. The molecule has 12 fully saturated rings. The second-order valence-electron chi connectivity index (χ2n) is 39.9. The summed E-state index contributed by atoms with van der Waals surface area (Å²) in [5.41, 5.74) is 3.07. The first-order valence-electron chi connectivity index (χ1n) is 38.5. The van der Waals surface area contributed by atoms with Crippen molar-refractivity contribution >= 4 is 0 Å². The second-order valence-corrected chi connectivity index (χ2v) is 39.9. The molecule has 12 heterocycles. The Hall–Kier alpha value is -0.480. The van der Waals surface area contributed by atoms with Crippen LogP contribution in [0.3, 0.4) is 0 Å². The summed E-state index contributed by atoms with van der Waals surface area (Å²) in [6.07, 6.45) is 18.5. The Balaban J connectivity index is 0.000000152. The average Bonchev–Trinajstić information content (AvgIpc) is 1.65. The van der Waals surface area contributed by atoms with E-state index < -0.39 is 0 Å². The van der Waals surface area contributed by atoms with E-state index in [-0.39, 0.29) is 0 Å². The summed E-state index contributed by atoms with van der Waals surface area (Å²) in [5, 5.41) is 0. The maximum atomic E-state index is 2.73. The molecular formula is C77H160N12+6. The molecule has 4 atom stereocenters. The summed E-state index contributed by atoms with van der Waals surface area (Å²) in [6, 6.07) is 4.59. The van der Waals surface area contributed by atoms with Gasteiger partial charge in [-0.2, -0.15) is 0 Å². The van der Waals surface area contributed by atoms with Gasteiger partial charge < -0.3 is 26.9 Å². The standard InChI is InChI=1S/C14H29N2.3C13H27N2.2C12H25N2/c1-6-13(2,3)15-11-14(4,5)16(12-15)9-7-8-10-16;1-12(2,3)14-11-15(8-6-7-9-15)10-13(14,4)5;1-12(2,3)14-10-13(4,5)15(11-14)8-6-7-9-15;1-11-12(2)15(8-6-7-9-15)10-14(11)13(3,4)5;1-11(2)13-10-14(7-5-6-8-14)9-12(13,3)4;1-10(2)13-9-14(7-5-6-8-14)12(4)11(13)3/h6-12H2,1-5H3;2*6-11H2,1-5H3;11-12H,6-10H2,1-5H3;11H,5-10H2,1-4H3;10-12H,5-9H2,1-4H3/q6*+1. The largest absolute Gasteiger partial charge is 0.310 e. The lowest BCUT2D eigenvalue weighted by atomic mass is 9.97. The lowest BCUT2D eigenvalue weighted by molar-refractivity contribution is -0.952. The summed E-state index contributed by atoms with van der Waals surface area (Å²) < 4.78 is 8.22. The van der Waals surface area contributed by atoms with E-state index in [0.29, 0.717) is 56.4 Å². The number of nitrogens with zero attached hydrogens (tertiary/aromatic N) is 12. The molecule has 0 N–H and O–H groups in total. The van der Waals surface area contributed by atoms with Gasteiger partial charge in [0.25, 0.3) is 0 Å². The normalized spacial score (nSPS) is 32.3. The molecule has 0 aliphatic carbocycles. The first-order valence-corrected chi connectivity index (χ1v) is 38.5. The van der Waals surface area contributed by atoms with Crippen molar-refractivity contribution in [2.75, 3.05) is 145 Å². The molecule has 0 aromatic rings. The van der Waals surface area contributed by atoms with Gasteiger partial charge in [-0.15, -0.1) is 0 Å². The minimum absolute atomic E-state index is 0.313. The third-order valence-corrected chi connectivity index (χ3v) is 27.9. The Kier molecular flexibility index (Phi) is 23.4. The second kappa shape index (κ2) is 27.4.